The lowest BCUT2D eigenvalue weighted by atomic mass is 9.95. The fraction of sp³-hybridized carbons (Fsp3) is 0.333. The number of benzene rings is 1. The lowest BCUT2D eigenvalue weighted by Gasteiger charge is -2.24. The number of carboxylic acids is 1. The summed E-state index contributed by atoms with van der Waals surface area (Å²) in [6.07, 6.45) is 2.88. The maximum atomic E-state index is 11.5. The van der Waals surface area contributed by atoms with Crippen molar-refractivity contribution in [3.05, 3.63) is 46.7 Å². The van der Waals surface area contributed by atoms with Crippen molar-refractivity contribution in [2.45, 2.75) is 26.3 Å². The zero-order chi connectivity index (χ0) is 14.7. The molecule has 0 amide bonds. The number of aliphatic imine (C=N–C) groups is 1. The molecule has 2 N–H and O–H groups in total. The highest BCUT2D eigenvalue weighted by molar-refractivity contribution is 8.13. The van der Waals surface area contributed by atoms with E-state index < -0.39 is 12.0 Å². The summed E-state index contributed by atoms with van der Waals surface area (Å²) in [5.74, 6) is -0.927. The Balaban J connectivity index is 2.44. The highest BCUT2D eigenvalue weighted by Gasteiger charge is 2.28. The molecular weight excluding hydrogens is 272 g/mol. The number of amidine groups is 1. The standard InChI is InChI=1S/C15H18N2O2S/c1-4-10-5-7-11(8-6-10)13-12(14(18)19)9(2)16-15(17-13)20-3/h5-8,13H,4H2,1-3H3,(H,16,17)(H,18,19). The van der Waals surface area contributed by atoms with Crippen molar-refractivity contribution in [3.8, 4) is 0 Å². The molecule has 1 aromatic rings. The van der Waals surface area contributed by atoms with Crippen LogP contribution in [0.2, 0.25) is 0 Å². The number of thioether (sulfide) groups is 1. The first kappa shape index (κ1) is 14.7. The topological polar surface area (TPSA) is 61.7 Å². The average molecular weight is 290 g/mol. The van der Waals surface area contributed by atoms with E-state index >= 15 is 0 Å². The van der Waals surface area contributed by atoms with Gasteiger partial charge in [0.25, 0.3) is 0 Å². The number of aryl methyl sites for hydroxylation is 1. The van der Waals surface area contributed by atoms with Gasteiger partial charge in [-0.25, -0.2) is 9.79 Å². The van der Waals surface area contributed by atoms with E-state index in [1.807, 2.05) is 30.5 Å². The number of rotatable bonds is 3. The maximum absolute atomic E-state index is 11.5. The number of nitrogens with zero attached hydrogens (tertiary/aromatic N) is 1. The van der Waals surface area contributed by atoms with Gasteiger partial charge < -0.3 is 10.4 Å². The Morgan fingerprint density at radius 3 is 2.55 bits per heavy atom. The van der Waals surface area contributed by atoms with Gasteiger partial charge in [0.15, 0.2) is 5.17 Å². The first-order valence-electron chi connectivity index (χ1n) is 6.48. The molecule has 0 aliphatic carbocycles. The van der Waals surface area contributed by atoms with Crippen LogP contribution in [-0.2, 0) is 11.2 Å². The maximum Gasteiger partial charge on any atom is 0.335 e. The smallest absolute Gasteiger partial charge is 0.335 e. The van der Waals surface area contributed by atoms with Crippen molar-refractivity contribution in [2.75, 3.05) is 6.26 Å². The number of aliphatic carboxylic acids is 1. The first-order chi connectivity index (χ1) is 9.56. The van der Waals surface area contributed by atoms with E-state index in [1.165, 1.54) is 17.3 Å². The van der Waals surface area contributed by atoms with E-state index in [9.17, 15) is 9.90 Å². The molecule has 5 heteroatoms. The average Bonchev–Trinajstić information content (AvgIpc) is 2.46. The zero-order valence-corrected chi connectivity index (χ0v) is 12.6. The predicted molar refractivity (Wildman–Crippen MR) is 83.0 cm³/mol. The summed E-state index contributed by atoms with van der Waals surface area (Å²) in [6.45, 7) is 3.87. The summed E-state index contributed by atoms with van der Waals surface area (Å²) in [6, 6.07) is 7.54. The van der Waals surface area contributed by atoms with Gasteiger partial charge >= 0.3 is 5.97 Å². The van der Waals surface area contributed by atoms with Gasteiger partial charge in [0.1, 0.15) is 6.04 Å². The second-order valence-electron chi connectivity index (χ2n) is 4.60. The van der Waals surface area contributed by atoms with Crippen LogP contribution in [0.25, 0.3) is 0 Å². The Kier molecular flexibility index (Phi) is 4.49. The van der Waals surface area contributed by atoms with Gasteiger partial charge in [-0.15, -0.1) is 0 Å². The van der Waals surface area contributed by atoms with Crippen LogP contribution in [-0.4, -0.2) is 22.5 Å². The predicted octanol–water partition coefficient (Wildman–Crippen LogP) is 2.97. The van der Waals surface area contributed by atoms with Gasteiger partial charge in [0.2, 0.25) is 0 Å². The molecule has 4 nitrogen and oxygen atoms in total. The summed E-state index contributed by atoms with van der Waals surface area (Å²) in [5, 5.41) is 13.2. The normalized spacial score (nSPS) is 18.6. The van der Waals surface area contributed by atoms with E-state index in [0.29, 0.717) is 11.3 Å². The number of carbonyl (C=O) groups is 1. The van der Waals surface area contributed by atoms with E-state index in [-0.39, 0.29) is 0 Å². The van der Waals surface area contributed by atoms with Crippen molar-refractivity contribution in [1.29, 1.82) is 0 Å². The molecule has 0 saturated carbocycles. The molecule has 0 aromatic heterocycles. The van der Waals surface area contributed by atoms with Crippen LogP contribution in [0.3, 0.4) is 0 Å². The summed E-state index contributed by atoms with van der Waals surface area (Å²) in [7, 11) is 0. The van der Waals surface area contributed by atoms with E-state index in [4.69, 9.17) is 0 Å². The molecule has 0 saturated heterocycles. The zero-order valence-electron chi connectivity index (χ0n) is 11.8. The van der Waals surface area contributed by atoms with Crippen LogP contribution < -0.4 is 5.32 Å². The van der Waals surface area contributed by atoms with Crippen LogP contribution in [0.1, 0.15) is 31.0 Å². The van der Waals surface area contributed by atoms with Crippen LogP contribution in [0, 0.1) is 0 Å². The summed E-state index contributed by atoms with van der Waals surface area (Å²) in [5.41, 5.74) is 3.11. The third-order valence-corrected chi connectivity index (χ3v) is 3.94. The summed E-state index contributed by atoms with van der Waals surface area (Å²) < 4.78 is 0. The Labute approximate surface area is 123 Å². The lowest BCUT2D eigenvalue weighted by molar-refractivity contribution is -0.133. The SMILES string of the molecule is CCc1ccc(C2N=C(SC)NC(C)=C2C(=O)O)cc1. The molecule has 0 fully saturated rings. The molecule has 1 heterocycles. The Morgan fingerprint density at radius 1 is 1.40 bits per heavy atom. The minimum Gasteiger partial charge on any atom is -0.478 e. The molecular formula is C15H18N2O2S. The van der Waals surface area contributed by atoms with Crippen molar-refractivity contribution in [2.24, 2.45) is 4.99 Å². The van der Waals surface area contributed by atoms with Gasteiger partial charge in [0, 0.05) is 5.70 Å². The van der Waals surface area contributed by atoms with Crippen molar-refractivity contribution < 1.29 is 9.90 Å². The fourth-order valence-corrected chi connectivity index (χ4v) is 2.67. The largest absolute Gasteiger partial charge is 0.478 e. The quantitative estimate of drug-likeness (QED) is 0.898. The first-order valence-corrected chi connectivity index (χ1v) is 7.71. The number of allylic oxidation sites excluding steroid dienone is 1. The summed E-state index contributed by atoms with van der Waals surface area (Å²) >= 11 is 1.48. The number of hydrogen-bond donors (Lipinski definition) is 2. The highest BCUT2D eigenvalue weighted by atomic mass is 32.2. The van der Waals surface area contributed by atoms with E-state index in [2.05, 4.69) is 17.2 Å². The summed E-state index contributed by atoms with van der Waals surface area (Å²) in [4.78, 5) is 16.0. The Morgan fingerprint density at radius 2 is 2.05 bits per heavy atom. The molecule has 1 atom stereocenters. The molecule has 20 heavy (non-hydrogen) atoms. The van der Waals surface area contributed by atoms with Crippen LogP contribution in [0.4, 0.5) is 0 Å². The third-order valence-electron chi connectivity index (χ3n) is 3.35. The molecule has 0 radical (unpaired) electrons. The molecule has 106 valence electrons. The molecule has 0 spiro atoms. The van der Waals surface area contributed by atoms with Gasteiger partial charge in [-0.2, -0.15) is 0 Å². The van der Waals surface area contributed by atoms with Crippen molar-refractivity contribution in [1.82, 2.24) is 5.32 Å². The third kappa shape index (κ3) is 2.88. The van der Waals surface area contributed by atoms with Gasteiger partial charge in [-0.05, 0) is 30.7 Å². The van der Waals surface area contributed by atoms with Gasteiger partial charge in [-0.3, -0.25) is 0 Å². The number of nitrogens with one attached hydrogen (secondary N) is 1. The van der Waals surface area contributed by atoms with Crippen LogP contribution in [0.5, 0.6) is 0 Å². The van der Waals surface area contributed by atoms with E-state index in [1.54, 1.807) is 6.92 Å². The second-order valence-corrected chi connectivity index (χ2v) is 5.40. The van der Waals surface area contributed by atoms with E-state index in [0.717, 1.165) is 17.2 Å². The molecule has 1 aliphatic heterocycles. The molecule has 2 rings (SSSR count). The minimum atomic E-state index is -0.927. The van der Waals surface area contributed by atoms with Gasteiger partial charge in [-0.1, -0.05) is 43.0 Å². The molecule has 1 aromatic carbocycles. The fourth-order valence-electron chi connectivity index (χ4n) is 2.20. The molecule has 0 bridgehead atoms. The Hall–Kier alpha value is -1.75. The second kappa shape index (κ2) is 6.13. The van der Waals surface area contributed by atoms with Crippen molar-refractivity contribution >= 4 is 22.9 Å². The van der Waals surface area contributed by atoms with Crippen LogP contribution >= 0.6 is 11.8 Å². The monoisotopic (exact) mass is 290 g/mol. The Bertz CT molecular complexity index is 576. The van der Waals surface area contributed by atoms with Crippen LogP contribution in [0.15, 0.2) is 40.5 Å². The highest BCUT2D eigenvalue weighted by Crippen LogP contribution is 2.32. The number of carboxylic acid groups (broad SMARTS) is 1. The van der Waals surface area contributed by atoms with Gasteiger partial charge in [0.05, 0.1) is 5.57 Å². The number of hydrogen-bond acceptors (Lipinski definition) is 4. The lowest BCUT2D eigenvalue weighted by Crippen LogP contribution is -2.29. The minimum absolute atomic E-state index is 0.312. The molecule has 1 aliphatic rings. The van der Waals surface area contributed by atoms with Crippen molar-refractivity contribution in [3.63, 3.8) is 0 Å². The molecule has 1 unspecified atom stereocenters.